The first kappa shape index (κ1) is 56.0. The lowest BCUT2D eigenvalue weighted by molar-refractivity contribution is -0.161. The minimum absolute atomic E-state index is 0.0307. The second-order valence-corrected chi connectivity index (χ2v) is 17.1. The molecule has 0 saturated heterocycles. The molecule has 0 saturated carbocycles. The standard InChI is InChI=1S/C49H82NO10P/c1-5-7-28-34-46-42(3)43(4)47(60-46)35-30-25-21-17-14-15-18-22-26-31-36-48(52)56-40-45(41-58-61(54,55)57-39-38-50)59-49(53)37-32-27-23-19-13-11-9-8-10-12-16-20-24-29-33-44(51)6-2/h9-12,19-20,23-24,29,33,44-45,51H,5-8,13-18,21-22,25-28,30-32,34-41,50H2,1-4H3,(H,54,55)/b11-9-,12-10-,23-19-,24-20-,33-29+/t44-,45-/m1/s1. The van der Waals surface area contributed by atoms with Gasteiger partial charge in [0.25, 0.3) is 0 Å². The van der Waals surface area contributed by atoms with Crippen LogP contribution in [0.4, 0.5) is 0 Å². The number of aryl methyl sites for hydroxylation is 2. The maximum Gasteiger partial charge on any atom is 0.472 e. The number of aliphatic hydroxyl groups excluding tert-OH is 1. The molecule has 4 N–H and O–H groups in total. The quantitative estimate of drug-likeness (QED) is 0.0189. The average Bonchev–Trinajstić information content (AvgIpc) is 3.51. The van der Waals surface area contributed by atoms with Gasteiger partial charge in [0.1, 0.15) is 18.1 Å². The summed E-state index contributed by atoms with van der Waals surface area (Å²) >= 11 is 0. The Hall–Kier alpha value is -3.05. The van der Waals surface area contributed by atoms with Gasteiger partial charge in [-0.1, -0.05) is 139 Å². The fourth-order valence-corrected chi connectivity index (χ4v) is 7.15. The molecule has 1 unspecified atom stereocenters. The number of hydrogen-bond acceptors (Lipinski definition) is 10. The van der Waals surface area contributed by atoms with Gasteiger partial charge in [-0.05, 0) is 82.8 Å². The van der Waals surface area contributed by atoms with Crippen molar-refractivity contribution >= 4 is 19.8 Å². The zero-order valence-electron chi connectivity index (χ0n) is 38.2. The summed E-state index contributed by atoms with van der Waals surface area (Å²) < 4.78 is 39.0. The summed E-state index contributed by atoms with van der Waals surface area (Å²) in [5.41, 5.74) is 8.03. The van der Waals surface area contributed by atoms with E-state index < -0.39 is 32.5 Å². The van der Waals surface area contributed by atoms with Crippen LogP contribution in [0.15, 0.2) is 65.2 Å². The molecule has 61 heavy (non-hydrogen) atoms. The van der Waals surface area contributed by atoms with E-state index >= 15 is 0 Å². The van der Waals surface area contributed by atoms with E-state index in [1.807, 2.05) is 37.3 Å². The maximum absolute atomic E-state index is 12.6. The highest BCUT2D eigenvalue weighted by molar-refractivity contribution is 7.47. The fourth-order valence-electron chi connectivity index (χ4n) is 6.39. The predicted octanol–water partition coefficient (Wildman–Crippen LogP) is 11.9. The number of esters is 2. The molecule has 0 radical (unpaired) electrons. The second-order valence-electron chi connectivity index (χ2n) is 15.7. The van der Waals surface area contributed by atoms with Crippen LogP contribution >= 0.6 is 7.82 Å². The third-order valence-electron chi connectivity index (χ3n) is 10.3. The number of carbonyl (C=O) groups is 2. The topological polar surface area (TPSA) is 168 Å². The molecule has 348 valence electrons. The van der Waals surface area contributed by atoms with Crippen LogP contribution in [0.25, 0.3) is 0 Å². The van der Waals surface area contributed by atoms with Crippen molar-refractivity contribution in [2.75, 3.05) is 26.4 Å². The van der Waals surface area contributed by atoms with Crippen LogP contribution in [-0.4, -0.2) is 60.5 Å². The fraction of sp³-hybridized carbons (Fsp3) is 0.673. The van der Waals surface area contributed by atoms with Crippen molar-refractivity contribution in [2.45, 2.75) is 188 Å². The summed E-state index contributed by atoms with van der Waals surface area (Å²) in [6.07, 6.45) is 40.3. The van der Waals surface area contributed by atoms with Gasteiger partial charge in [-0.3, -0.25) is 18.6 Å². The van der Waals surface area contributed by atoms with Crippen molar-refractivity contribution in [3.8, 4) is 0 Å². The summed E-state index contributed by atoms with van der Waals surface area (Å²) in [7, 11) is -4.42. The molecule has 0 aromatic carbocycles. The lowest BCUT2D eigenvalue weighted by Crippen LogP contribution is -2.29. The van der Waals surface area contributed by atoms with Crippen LogP contribution in [0.1, 0.15) is 171 Å². The maximum atomic E-state index is 12.6. The minimum Gasteiger partial charge on any atom is -0.466 e. The molecule has 1 aromatic heterocycles. The Morgan fingerprint density at radius 3 is 1.82 bits per heavy atom. The number of aliphatic hydroxyl groups is 1. The van der Waals surface area contributed by atoms with Crippen LogP contribution < -0.4 is 5.73 Å². The molecular formula is C49H82NO10P. The third-order valence-corrected chi connectivity index (χ3v) is 11.3. The minimum atomic E-state index is -4.42. The highest BCUT2D eigenvalue weighted by atomic mass is 31.2. The summed E-state index contributed by atoms with van der Waals surface area (Å²) in [5.74, 6) is 1.43. The molecule has 1 rings (SSSR count). The summed E-state index contributed by atoms with van der Waals surface area (Å²) in [5, 5.41) is 9.48. The number of nitrogens with two attached hydrogens (primary N) is 1. The Kier molecular flexibility index (Phi) is 34.4. The van der Waals surface area contributed by atoms with E-state index in [2.05, 4.69) is 45.1 Å². The van der Waals surface area contributed by atoms with Crippen LogP contribution in [0.2, 0.25) is 0 Å². The van der Waals surface area contributed by atoms with Gasteiger partial charge in [-0.2, -0.15) is 0 Å². The first-order chi connectivity index (χ1) is 29.5. The van der Waals surface area contributed by atoms with Crippen LogP contribution in [0.5, 0.6) is 0 Å². The Morgan fingerprint density at radius 2 is 1.23 bits per heavy atom. The molecule has 3 atom stereocenters. The van der Waals surface area contributed by atoms with Crippen LogP contribution in [0.3, 0.4) is 0 Å². The van der Waals surface area contributed by atoms with Gasteiger partial charge in [-0.15, -0.1) is 0 Å². The first-order valence-electron chi connectivity index (χ1n) is 23.2. The first-order valence-corrected chi connectivity index (χ1v) is 24.7. The zero-order valence-corrected chi connectivity index (χ0v) is 39.1. The Balaban J connectivity index is 2.26. The second kappa shape index (κ2) is 37.5. The smallest absolute Gasteiger partial charge is 0.466 e. The van der Waals surface area contributed by atoms with E-state index in [9.17, 15) is 24.2 Å². The Labute approximate surface area is 368 Å². The lowest BCUT2D eigenvalue weighted by Gasteiger charge is -2.19. The van der Waals surface area contributed by atoms with Crippen LogP contribution in [0, 0.1) is 13.8 Å². The molecular weight excluding hydrogens is 794 g/mol. The van der Waals surface area contributed by atoms with Crippen molar-refractivity contribution < 1.29 is 47.1 Å². The number of allylic oxidation sites excluding steroid dienone is 9. The number of furan rings is 1. The molecule has 1 heterocycles. The SMILES string of the molecule is CCCCCc1oc(CCCCCCCCCCCCC(=O)OC[C@H](COP(=O)(O)OCCN)OC(=O)CCC/C=C\C/C=C\C/C=C\C/C=C\C=C\[C@H](O)CC)c(C)c1C. The van der Waals surface area contributed by atoms with E-state index in [0.29, 0.717) is 25.7 Å². The molecule has 0 aliphatic rings. The number of ether oxygens (including phenoxy) is 2. The Bertz CT molecular complexity index is 1480. The molecule has 0 amide bonds. The van der Waals surface area contributed by atoms with Gasteiger partial charge in [0.15, 0.2) is 6.10 Å². The number of phosphoric ester groups is 1. The largest absolute Gasteiger partial charge is 0.472 e. The lowest BCUT2D eigenvalue weighted by atomic mass is 10.0. The molecule has 0 spiro atoms. The van der Waals surface area contributed by atoms with Crippen molar-refractivity contribution in [1.29, 1.82) is 0 Å². The number of phosphoric acid groups is 1. The van der Waals surface area contributed by atoms with E-state index in [0.717, 1.165) is 51.4 Å². The van der Waals surface area contributed by atoms with Crippen LogP contribution in [-0.2, 0) is 45.5 Å². The predicted molar refractivity (Wildman–Crippen MR) is 247 cm³/mol. The zero-order chi connectivity index (χ0) is 44.8. The molecule has 1 aromatic rings. The average molecular weight is 876 g/mol. The summed E-state index contributed by atoms with van der Waals surface area (Å²) in [6.45, 7) is 7.65. The van der Waals surface area contributed by atoms with Gasteiger partial charge in [-0.25, -0.2) is 4.57 Å². The summed E-state index contributed by atoms with van der Waals surface area (Å²) in [6, 6.07) is 0. The molecule has 11 nitrogen and oxygen atoms in total. The van der Waals surface area contributed by atoms with E-state index in [1.54, 1.807) is 6.08 Å². The number of rotatable bonds is 39. The molecule has 0 bridgehead atoms. The van der Waals surface area contributed by atoms with Crippen molar-refractivity contribution in [3.63, 3.8) is 0 Å². The third kappa shape index (κ3) is 31.4. The summed E-state index contributed by atoms with van der Waals surface area (Å²) in [4.78, 5) is 35.0. The van der Waals surface area contributed by atoms with Crippen molar-refractivity contribution in [1.82, 2.24) is 0 Å². The molecule has 12 heteroatoms. The van der Waals surface area contributed by atoms with E-state index in [1.165, 1.54) is 80.4 Å². The van der Waals surface area contributed by atoms with Gasteiger partial charge in [0.05, 0.1) is 19.3 Å². The molecule has 0 fully saturated rings. The van der Waals surface area contributed by atoms with Crippen molar-refractivity contribution in [2.24, 2.45) is 5.73 Å². The van der Waals surface area contributed by atoms with E-state index in [4.69, 9.17) is 28.7 Å². The van der Waals surface area contributed by atoms with Gasteiger partial charge < -0.3 is 29.6 Å². The van der Waals surface area contributed by atoms with Gasteiger partial charge >= 0.3 is 19.8 Å². The van der Waals surface area contributed by atoms with E-state index in [-0.39, 0.29) is 38.7 Å². The van der Waals surface area contributed by atoms with Gasteiger partial charge in [0.2, 0.25) is 0 Å². The Morgan fingerprint density at radius 1 is 0.689 bits per heavy atom. The molecule has 0 aliphatic heterocycles. The highest BCUT2D eigenvalue weighted by Crippen LogP contribution is 2.43. The monoisotopic (exact) mass is 876 g/mol. The normalized spacial score (nSPS) is 14.3. The number of hydrogen-bond donors (Lipinski definition) is 3. The number of unbranched alkanes of at least 4 members (excludes halogenated alkanes) is 12. The molecule has 0 aliphatic carbocycles. The van der Waals surface area contributed by atoms with Crippen molar-refractivity contribution in [3.05, 3.63) is 83.4 Å². The van der Waals surface area contributed by atoms with Gasteiger partial charge in [0, 0.05) is 32.2 Å². The highest BCUT2D eigenvalue weighted by Gasteiger charge is 2.26. The number of carbonyl (C=O) groups excluding carboxylic acids is 2.